The van der Waals surface area contributed by atoms with Crippen LogP contribution >= 0.6 is 0 Å². The first-order valence-corrected chi connectivity index (χ1v) is 10.0. The maximum absolute atomic E-state index is 13.3. The van der Waals surface area contributed by atoms with Crippen LogP contribution in [0.1, 0.15) is 54.4 Å². The molecule has 0 aromatic rings. The van der Waals surface area contributed by atoms with E-state index >= 15 is 0 Å². The van der Waals surface area contributed by atoms with Crippen LogP contribution in [-0.2, 0) is 19.1 Å². The van der Waals surface area contributed by atoms with Crippen molar-refractivity contribution in [1.29, 1.82) is 0 Å². The zero-order valence-electron chi connectivity index (χ0n) is 17.5. The topological polar surface area (TPSA) is 105 Å². The Morgan fingerprint density at radius 1 is 1.21 bits per heavy atom. The number of rotatable bonds is 6. The molecule has 158 valence electrons. The fourth-order valence-corrected chi connectivity index (χ4v) is 4.37. The molecule has 8 nitrogen and oxygen atoms in total. The summed E-state index contributed by atoms with van der Waals surface area (Å²) in [5, 5.41) is 12.4. The van der Waals surface area contributed by atoms with Gasteiger partial charge < -0.3 is 24.8 Å². The van der Waals surface area contributed by atoms with Gasteiger partial charge in [0.25, 0.3) is 0 Å². The van der Waals surface area contributed by atoms with Crippen LogP contribution < -0.4 is 5.32 Å². The largest absolute Gasteiger partial charge is 0.480 e. The first-order chi connectivity index (χ1) is 12.8. The molecule has 0 bridgehead atoms. The van der Waals surface area contributed by atoms with E-state index in [-0.39, 0.29) is 23.4 Å². The Balaban J connectivity index is 1.76. The number of carbonyl (C=O) groups excluding carboxylic acids is 2. The SMILES string of the molecule is C[C@@H](OC1CC1)[C@H](NC(=O)OC(C)(C)C)C(=O)N1C[C@H]2[C@@H]([C@H]1C(=O)O)C2(C)C. The Morgan fingerprint density at radius 2 is 1.82 bits per heavy atom. The van der Waals surface area contributed by atoms with Crippen molar-refractivity contribution in [2.75, 3.05) is 6.54 Å². The van der Waals surface area contributed by atoms with E-state index in [4.69, 9.17) is 9.47 Å². The minimum Gasteiger partial charge on any atom is -0.480 e. The van der Waals surface area contributed by atoms with Gasteiger partial charge in [-0.25, -0.2) is 9.59 Å². The highest BCUT2D eigenvalue weighted by Crippen LogP contribution is 2.64. The Kier molecular flexibility index (Phi) is 5.15. The van der Waals surface area contributed by atoms with Crippen LogP contribution in [0.25, 0.3) is 0 Å². The van der Waals surface area contributed by atoms with E-state index in [9.17, 15) is 19.5 Å². The third kappa shape index (κ3) is 4.11. The zero-order valence-corrected chi connectivity index (χ0v) is 17.5. The number of amides is 2. The average Bonchev–Trinajstić information content (AvgIpc) is 3.37. The molecule has 0 radical (unpaired) electrons. The minimum atomic E-state index is -1.00. The van der Waals surface area contributed by atoms with Crippen LogP contribution in [0.2, 0.25) is 0 Å². The molecule has 0 unspecified atom stereocenters. The number of hydrogen-bond acceptors (Lipinski definition) is 5. The predicted octanol–water partition coefficient (Wildman–Crippen LogP) is 2.01. The summed E-state index contributed by atoms with van der Waals surface area (Å²) in [5.41, 5.74) is -0.786. The van der Waals surface area contributed by atoms with E-state index in [1.807, 2.05) is 13.8 Å². The smallest absolute Gasteiger partial charge is 0.408 e. The van der Waals surface area contributed by atoms with Gasteiger partial charge in [0.15, 0.2) is 0 Å². The lowest BCUT2D eigenvalue weighted by atomic mass is 10.00. The van der Waals surface area contributed by atoms with Crippen molar-refractivity contribution < 1.29 is 29.0 Å². The number of aliphatic carboxylic acids is 1. The molecule has 5 atom stereocenters. The number of hydrogen-bond donors (Lipinski definition) is 2. The van der Waals surface area contributed by atoms with E-state index in [0.717, 1.165) is 12.8 Å². The van der Waals surface area contributed by atoms with Gasteiger partial charge in [-0.1, -0.05) is 13.8 Å². The molecule has 2 aliphatic carbocycles. The van der Waals surface area contributed by atoms with E-state index in [2.05, 4.69) is 5.32 Å². The van der Waals surface area contributed by atoms with Crippen LogP contribution in [0, 0.1) is 17.3 Å². The summed E-state index contributed by atoms with van der Waals surface area (Å²) in [4.78, 5) is 38.9. The number of alkyl carbamates (subject to hydrolysis) is 1. The first kappa shape index (κ1) is 20.9. The molecule has 0 aromatic heterocycles. The summed E-state index contributed by atoms with van der Waals surface area (Å²) >= 11 is 0. The second kappa shape index (κ2) is 6.90. The second-order valence-corrected chi connectivity index (χ2v) is 9.89. The van der Waals surface area contributed by atoms with Gasteiger partial charge in [-0.3, -0.25) is 4.79 Å². The van der Waals surface area contributed by atoms with E-state index in [0.29, 0.717) is 6.54 Å². The standard InChI is InChI=1S/C20H32N2O6/c1-10(27-11-7-8-11)14(21-18(26)28-19(2,3)4)16(23)22-9-12-13(20(12,5)6)15(22)17(24)25/h10-15H,7-9H2,1-6H3,(H,21,26)(H,24,25)/t10-,12+,13+,14+,15+/m1/s1. The van der Waals surface area contributed by atoms with Gasteiger partial charge >= 0.3 is 12.1 Å². The molecule has 8 heteroatoms. The predicted molar refractivity (Wildman–Crippen MR) is 101 cm³/mol. The number of ether oxygens (including phenoxy) is 2. The lowest BCUT2D eigenvalue weighted by molar-refractivity contribution is -0.152. The average molecular weight is 396 g/mol. The molecule has 2 amide bonds. The van der Waals surface area contributed by atoms with Crippen molar-refractivity contribution in [3.8, 4) is 0 Å². The monoisotopic (exact) mass is 396 g/mol. The zero-order chi connectivity index (χ0) is 21.0. The molecule has 2 N–H and O–H groups in total. The Hall–Kier alpha value is -1.83. The lowest BCUT2D eigenvalue weighted by Gasteiger charge is -2.34. The molecule has 0 aromatic carbocycles. The summed E-state index contributed by atoms with van der Waals surface area (Å²) in [6.07, 6.45) is 0.655. The van der Waals surface area contributed by atoms with Crippen molar-refractivity contribution in [2.45, 2.75) is 84.3 Å². The van der Waals surface area contributed by atoms with Crippen molar-refractivity contribution in [2.24, 2.45) is 17.3 Å². The normalized spacial score (nSPS) is 30.2. The Morgan fingerprint density at radius 3 is 2.32 bits per heavy atom. The molecule has 3 rings (SSSR count). The van der Waals surface area contributed by atoms with Gasteiger partial charge in [0, 0.05) is 12.5 Å². The molecular formula is C20H32N2O6. The first-order valence-electron chi connectivity index (χ1n) is 10.0. The number of nitrogens with one attached hydrogen (secondary N) is 1. The van der Waals surface area contributed by atoms with Gasteiger partial charge in [-0.05, 0) is 51.9 Å². The van der Waals surface area contributed by atoms with Crippen LogP contribution in [0.5, 0.6) is 0 Å². The number of likely N-dealkylation sites (tertiary alicyclic amines) is 1. The third-order valence-electron chi connectivity index (χ3n) is 6.08. The molecule has 1 saturated heterocycles. The summed E-state index contributed by atoms with van der Waals surface area (Å²) < 4.78 is 11.1. The molecule has 3 aliphatic rings. The van der Waals surface area contributed by atoms with Gasteiger partial charge in [-0.15, -0.1) is 0 Å². The molecule has 28 heavy (non-hydrogen) atoms. The molecule has 1 aliphatic heterocycles. The van der Waals surface area contributed by atoms with Crippen LogP contribution in [-0.4, -0.2) is 64.4 Å². The Bertz CT molecular complexity index is 666. The second-order valence-electron chi connectivity index (χ2n) is 9.89. The summed E-state index contributed by atoms with van der Waals surface area (Å²) in [6.45, 7) is 11.4. The third-order valence-corrected chi connectivity index (χ3v) is 6.08. The number of carbonyl (C=O) groups is 3. The van der Waals surface area contributed by atoms with E-state index in [1.54, 1.807) is 27.7 Å². The quantitative estimate of drug-likeness (QED) is 0.712. The van der Waals surface area contributed by atoms with Crippen molar-refractivity contribution in [3.05, 3.63) is 0 Å². The highest BCUT2D eigenvalue weighted by molar-refractivity contribution is 5.91. The van der Waals surface area contributed by atoms with Gasteiger partial charge in [-0.2, -0.15) is 0 Å². The van der Waals surface area contributed by atoms with Crippen LogP contribution in [0.3, 0.4) is 0 Å². The number of fused-ring (bicyclic) bond motifs is 1. The fourth-order valence-electron chi connectivity index (χ4n) is 4.37. The summed E-state index contributed by atoms with van der Waals surface area (Å²) in [7, 11) is 0. The van der Waals surface area contributed by atoms with Crippen LogP contribution in [0.15, 0.2) is 0 Å². The van der Waals surface area contributed by atoms with E-state index in [1.165, 1.54) is 4.90 Å². The minimum absolute atomic E-state index is 0.0595. The Labute approximate surface area is 165 Å². The number of piperidine rings is 1. The molecule has 2 saturated carbocycles. The maximum atomic E-state index is 13.3. The number of carboxylic acids is 1. The molecular weight excluding hydrogens is 364 g/mol. The molecule has 3 fully saturated rings. The van der Waals surface area contributed by atoms with Crippen molar-refractivity contribution >= 4 is 18.0 Å². The van der Waals surface area contributed by atoms with E-state index < -0.39 is 41.8 Å². The van der Waals surface area contributed by atoms with Gasteiger partial charge in [0.1, 0.15) is 17.7 Å². The summed E-state index contributed by atoms with van der Waals surface area (Å²) in [5.74, 6) is -1.32. The highest BCUT2D eigenvalue weighted by Gasteiger charge is 2.70. The van der Waals surface area contributed by atoms with Gasteiger partial charge in [0.05, 0.1) is 12.2 Å². The maximum Gasteiger partial charge on any atom is 0.408 e. The molecule has 1 heterocycles. The van der Waals surface area contributed by atoms with Crippen molar-refractivity contribution in [3.63, 3.8) is 0 Å². The van der Waals surface area contributed by atoms with Crippen LogP contribution in [0.4, 0.5) is 4.79 Å². The number of nitrogens with zero attached hydrogens (tertiary/aromatic N) is 1. The number of carboxylic acid groups (broad SMARTS) is 1. The molecule has 0 spiro atoms. The summed E-state index contributed by atoms with van der Waals surface area (Å²) in [6, 6.07) is -1.86. The highest BCUT2D eigenvalue weighted by atomic mass is 16.6. The lowest BCUT2D eigenvalue weighted by Crippen LogP contribution is -2.58. The van der Waals surface area contributed by atoms with Gasteiger partial charge in [0.2, 0.25) is 5.91 Å². The van der Waals surface area contributed by atoms with Crippen molar-refractivity contribution in [1.82, 2.24) is 10.2 Å². The fraction of sp³-hybridized carbons (Fsp3) is 0.850.